The smallest absolute Gasteiger partial charge is 0.250 e. The van der Waals surface area contributed by atoms with Crippen molar-refractivity contribution < 1.29 is 27.8 Å². The number of benzene rings is 1. The van der Waals surface area contributed by atoms with Crippen molar-refractivity contribution in [2.45, 2.75) is 0 Å². The molecule has 0 aliphatic heterocycles. The van der Waals surface area contributed by atoms with E-state index in [4.69, 9.17) is 4.74 Å². The summed E-state index contributed by atoms with van der Waals surface area (Å²) >= 11 is 0. The minimum Gasteiger partial charge on any atom is -0.491 e. The van der Waals surface area contributed by atoms with Gasteiger partial charge in [0.15, 0.2) is 23.1 Å². The number of hydrogen-bond acceptors (Lipinski definition) is 7. The van der Waals surface area contributed by atoms with Gasteiger partial charge in [-0.05, 0) is 0 Å². The summed E-state index contributed by atoms with van der Waals surface area (Å²) in [5, 5.41) is 2.52. The molecule has 1 heterocycles. The highest BCUT2D eigenvalue weighted by molar-refractivity contribution is 6.25. The summed E-state index contributed by atoms with van der Waals surface area (Å²) in [5.74, 6) is -4.18. The molecular formula is C16H11F2N3O4. The molecule has 1 N–H and O–H groups in total. The first-order valence-corrected chi connectivity index (χ1v) is 6.96. The van der Waals surface area contributed by atoms with Crippen molar-refractivity contribution in [3.8, 4) is 5.75 Å². The van der Waals surface area contributed by atoms with E-state index < -0.39 is 29.0 Å². The van der Waals surface area contributed by atoms with Crippen molar-refractivity contribution in [2.24, 2.45) is 0 Å². The Hall–Kier alpha value is -3.36. The molecule has 1 aliphatic carbocycles. The van der Waals surface area contributed by atoms with E-state index in [1.54, 1.807) is 0 Å². The van der Waals surface area contributed by atoms with E-state index in [0.717, 1.165) is 19.2 Å². The number of anilines is 1. The van der Waals surface area contributed by atoms with Gasteiger partial charge >= 0.3 is 0 Å². The number of carbonyl (C=O) groups excluding carboxylic acids is 2. The first kappa shape index (κ1) is 16.5. The van der Waals surface area contributed by atoms with E-state index in [1.807, 2.05) is 0 Å². The number of rotatable bonds is 4. The molecule has 0 fully saturated rings. The number of Topliss-reactive ketones (excluding diaryl/α,β-unsaturated/α-hetero) is 2. The molecule has 3 rings (SSSR count). The van der Waals surface area contributed by atoms with Crippen LogP contribution in [0.5, 0.6) is 5.75 Å². The monoisotopic (exact) mass is 347 g/mol. The molecular weight excluding hydrogens is 336 g/mol. The SMILES string of the molecule is COC1=C(Nc2cc(F)c(OC)c(F)c2)C(=O)c2nccnc2C1=O. The van der Waals surface area contributed by atoms with Crippen molar-refractivity contribution in [1.29, 1.82) is 0 Å². The zero-order valence-corrected chi connectivity index (χ0v) is 13.1. The fourth-order valence-corrected chi connectivity index (χ4v) is 2.39. The number of allylic oxidation sites excluding steroid dienone is 2. The molecule has 0 spiro atoms. The van der Waals surface area contributed by atoms with Gasteiger partial charge in [-0.3, -0.25) is 9.59 Å². The van der Waals surface area contributed by atoms with Crippen molar-refractivity contribution in [2.75, 3.05) is 19.5 Å². The molecule has 0 amide bonds. The van der Waals surface area contributed by atoms with E-state index in [9.17, 15) is 18.4 Å². The number of carbonyl (C=O) groups is 2. The summed E-state index contributed by atoms with van der Waals surface area (Å²) in [6.45, 7) is 0. The number of nitrogens with one attached hydrogen (secondary N) is 1. The Morgan fingerprint density at radius 1 is 0.920 bits per heavy atom. The molecule has 0 bridgehead atoms. The fraction of sp³-hybridized carbons (Fsp3) is 0.125. The number of aromatic nitrogens is 2. The van der Waals surface area contributed by atoms with Gasteiger partial charge < -0.3 is 14.8 Å². The van der Waals surface area contributed by atoms with Crippen molar-refractivity contribution in [3.05, 3.63) is 59.0 Å². The van der Waals surface area contributed by atoms with Crippen LogP contribution >= 0.6 is 0 Å². The van der Waals surface area contributed by atoms with E-state index in [0.29, 0.717) is 0 Å². The summed E-state index contributed by atoms with van der Waals surface area (Å²) < 4.78 is 37.2. The molecule has 2 aromatic rings. The molecule has 1 aliphatic rings. The number of halogens is 2. The Bertz CT molecular complexity index is 904. The Morgan fingerprint density at radius 3 is 2.00 bits per heavy atom. The number of ether oxygens (including phenoxy) is 2. The third kappa shape index (κ3) is 2.69. The Labute approximate surface area is 140 Å². The zero-order valence-electron chi connectivity index (χ0n) is 13.1. The summed E-state index contributed by atoms with van der Waals surface area (Å²) in [7, 11) is 2.32. The van der Waals surface area contributed by atoms with Crippen LogP contribution in [0.15, 0.2) is 36.0 Å². The average Bonchev–Trinajstić information content (AvgIpc) is 2.59. The minimum atomic E-state index is -0.973. The maximum atomic E-state index is 13.8. The van der Waals surface area contributed by atoms with E-state index in [2.05, 4.69) is 20.0 Å². The number of methoxy groups -OCH3 is 2. The second-order valence-corrected chi connectivity index (χ2v) is 4.92. The third-order valence-corrected chi connectivity index (χ3v) is 3.46. The maximum absolute atomic E-state index is 13.8. The molecule has 0 saturated heterocycles. The number of ketones is 2. The maximum Gasteiger partial charge on any atom is 0.250 e. The Morgan fingerprint density at radius 2 is 1.48 bits per heavy atom. The van der Waals surface area contributed by atoms with Gasteiger partial charge in [0.1, 0.15) is 17.1 Å². The van der Waals surface area contributed by atoms with E-state index in [-0.39, 0.29) is 28.5 Å². The normalized spacial score (nSPS) is 13.6. The van der Waals surface area contributed by atoms with Gasteiger partial charge in [-0.15, -0.1) is 0 Å². The summed E-state index contributed by atoms with van der Waals surface area (Å²) in [6, 6.07) is 1.85. The first-order valence-electron chi connectivity index (χ1n) is 6.96. The lowest BCUT2D eigenvalue weighted by molar-refractivity contribution is 0.0899. The molecule has 7 nitrogen and oxygen atoms in total. The highest BCUT2D eigenvalue weighted by Gasteiger charge is 2.36. The molecule has 128 valence electrons. The van der Waals surface area contributed by atoms with Gasteiger partial charge in [-0.25, -0.2) is 18.7 Å². The number of hydrogen-bond donors (Lipinski definition) is 1. The number of fused-ring (bicyclic) bond motifs is 1. The zero-order chi connectivity index (χ0) is 18.1. The lowest BCUT2D eigenvalue weighted by Crippen LogP contribution is -2.29. The highest BCUT2D eigenvalue weighted by Crippen LogP contribution is 2.29. The molecule has 0 atom stereocenters. The van der Waals surface area contributed by atoms with Crippen LogP contribution in [0.4, 0.5) is 14.5 Å². The molecule has 9 heteroatoms. The number of nitrogens with zero attached hydrogens (tertiary/aromatic N) is 2. The van der Waals surface area contributed by atoms with E-state index in [1.165, 1.54) is 19.5 Å². The Kier molecular flexibility index (Phi) is 4.14. The predicted molar refractivity (Wildman–Crippen MR) is 81.3 cm³/mol. The van der Waals surface area contributed by atoms with Crippen molar-refractivity contribution >= 4 is 17.3 Å². The van der Waals surface area contributed by atoms with Crippen LogP contribution in [-0.2, 0) is 4.74 Å². The lowest BCUT2D eigenvalue weighted by Gasteiger charge is -2.19. The molecule has 1 aromatic carbocycles. The van der Waals surface area contributed by atoms with Crippen LogP contribution in [-0.4, -0.2) is 35.8 Å². The van der Waals surface area contributed by atoms with Crippen LogP contribution in [0.3, 0.4) is 0 Å². The summed E-state index contributed by atoms with van der Waals surface area (Å²) in [5.41, 5.74) is -0.717. The molecule has 1 aromatic heterocycles. The van der Waals surface area contributed by atoms with Crippen LogP contribution in [0.2, 0.25) is 0 Å². The van der Waals surface area contributed by atoms with Gasteiger partial charge in [0.2, 0.25) is 5.78 Å². The standard InChI is InChI=1S/C16H11F2N3O4/c1-24-15-8(17)5-7(6-9(15)18)21-12-13(22)10-11(20-4-3-19-10)14(23)16(12)25-2/h3-6,21H,1-2H3. The van der Waals surface area contributed by atoms with Crippen LogP contribution < -0.4 is 10.1 Å². The van der Waals surface area contributed by atoms with Gasteiger partial charge in [-0.1, -0.05) is 0 Å². The second kappa shape index (κ2) is 6.27. The average molecular weight is 347 g/mol. The molecule has 0 unspecified atom stereocenters. The fourth-order valence-electron chi connectivity index (χ4n) is 2.39. The van der Waals surface area contributed by atoms with Gasteiger partial charge in [0.05, 0.1) is 14.2 Å². The topological polar surface area (TPSA) is 90.4 Å². The van der Waals surface area contributed by atoms with Gasteiger partial charge in [-0.2, -0.15) is 0 Å². The van der Waals surface area contributed by atoms with Gasteiger partial charge in [0, 0.05) is 30.2 Å². The predicted octanol–water partition coefficient (Wildman–Crippen LogP) is 2.11. The summed E-state index contributed by atoms with van der Waals surface area (Å²) in [6.07, 6.45) is 2.52. The second-order valence-electron chi connectivity index (χ2n) is 4.92. The lowest BCUT2D eigenvalue weighted by atomic mass is 9.99. The summed E-state index contributed by atoms with van der Waals surface area (Å²) in [4.78, 5) is 32.6. The third-order valence-electron chi connectivity index (χ3n) is 3.46. The minimum absolute atomic E-state index is 0.103. The van der Waals surface area contributed by atoms with Gasteiger partial charge in [0.25, 0.3) is 5.78 Å². The Balaban J connectivity index is 2.07. The van der Waals surface area contributed by atoms with Crippen molar-refractivity contribution in [3.63, 3.8) is 0 Å². The highest BCUT2D eigenvalue weighted by atomic mass is 19.1. The molecule has 0 saturated carbocycles. The first-order chi connectivity index (χ1) is 12.0. The van der Waals surface area contributed by atoms with Crippen LogP contribution in [0, 0.1) is 11.6 Å². The quantitative estimate of drug-likeness (QED) is 0.906. The van der Waals surface area contributed by atoms with Crippen LogP contribution in [0.1, 0.15) is 21.0 Å². The largest absolute Gasteiger partial charge is 0.491 e. The molecule has 0 radical (unpaired) electrons. The van der Waals surface area contributed by atoms with E-state index >= 15 is 0 Å². The van der Waals surface area contributed by atoms with Crippen LogP contribution in [0.25, 0.3) is 0 Å². The van der Waals surface area contributed by atoms with Crippen molar-refractivity contribution in [1.82, 2.24) is 9.97 Å². The molecule has 25 heavy (non-hydrogen) atoms.